The minimum Gasteiger partial charge on any atom is -0.497 e. The van der Waals surface area contributed by atoms with Gasteiger partial charge >= 0.3 is 0 Å². The highest BCUT2D eigenvalue weighted by Crippen LogP contribution is 2.43. The largest absolute Gasteiger partial charge is 0.497 e. The third kappa shape index (κ3) is 3.11. The lowest BCUT2D eigenvalue weighted by Gasteiger charge is -2.34. The zero-order valence-electron chi connectivity index (χ0n) is 14.1. The summed E-state index contributed by atoms with van der Waals surface area (Å²) >= 11 is 0. The topological polar surface area (TPSA) is 34.6 Å². The summed E-state index contributed by atoms with van der Waals surface area (Å²) in [5.74, 6) is 2.48. The fourth-order valence-corrected chi connectivity index (χ4v) is 4.21. The summed E-state index contributed by atoms with van der Waals surface area (Å²) in [6, 6.07) is 15.2. The van der Waals surface area contributed by atoms with Crippen LogP contribution in [-0.4, -0.2) is 35.7 Å². The molecule has 1 saturated carbocycles. The molecule has 0 radical (unpaired) electrons. The molecule has 1 aromatic heterocycles. The molecular formula is C20H24N2O2. The molecule has 2 bridgehead atoms. The van der Waals surface area contributed by atoms with Crippen LogP contribution in [0.25, 0.3) is 0 Å². The second-order valence-corrected chi connectivity index (χ2v) is 6.78. The van der Waals surface area contributed by atoms with Gasteiger partial charge in [-0.15, -0.1) is 0 Å². The van der Waals surface area contributed by atoms with E-state index in [1.165, 1.54) is 19.3 Å². The fraction of sp³-hybridized carbons (Fsp3) is 0.450. The van der Waals surface area contributed by atoms with Crippen LogP contribution in [0.15, 0.2) is 48.7 Å². The van der Waals surface area contributed by atoms with Gasteiger partial charge in [-0.3, -0.25) is 9.88 Å². The van der Waals surface area contributed by atoms with E-state index in [9.17, 15) is 0 Å². The molecule has 0 amide bonds. The molecule has 0 spiro atoms. The zero-order chi connectivity index (χ0) is 16.4. The summed E-state index contributed by atoms with van der Waals surface area (Å²) < 4.78 is 11.4. The first kappa shape index (κ1) is 15.5. The summed E-state index contributed by atoms with van der Waals surface area (Å²) in [5.41, 5.74) is 1.15. The third-order valence-electron chi connectivity index (χ3n) is 5.42. The van der Waals surface area contributed by atoms with Crippen LogP contribution in [0.1, 0.15) is 25.0 Å². The van der Waals surface area contributed by atoms with Crippen molar-refractivity contribution in [2.24, 2.45) is 5.92 Å². The van der Waals surface area contributed by atoms with E-state index in [0.717, 1.165) is 36.3 Å². The molecule has 2 fully saturated rings. The van der Waals surface area contributed by atoms with E-state index in [4.69, 9.17) is 9.47 Å². The van der Waals surface area contributed by atoms with Crippen molar-refractivity contribution >= 4 is 0 Å². The number of hydrogen-bond donors (Lipinski definition) is 0. The van der Waals surface area contributed by atoms with Gasteiger partial charge in [-0.1, -0.05) is 12.1 Å². The van der Waals surface area contributed by atoms with Crippen molar-refractivity contribution < 1.29 is 9.47 Å². The number of benzene rings is 1. The van der Waals surface area contributed by atoms with Crippen molar-refractivity contribution in [1.82, 2.24) is 9.88 Å². The summed E-state index contributed by atoms with van der Waals surface area (Å²) in [6.07, 6.45) is 5.83. The highest BCUT2D eigenvalue weighted by Gasteiger charge is 2.45. The normalized spacial score (nSPS) is 25.8. The number of rotatable bonds is 6. The van der Waals surface area contributed by atoms with Gasteiger partial charge in [-0.25, -0.2) is 0 Å². The average molecular weight is 324 g/mol. The monoisotopic (exact) mass is 324 g/mol. The highest BCUT2D eigenvalue weighted by molar-refractivity contribution is 5.32. The van der Waals surface area contributed by atoms with Crippen LogP contribution in [0.2, 0.25) is 0 Å². The maximum atomic E-state index is 6.11. The Morgan fingerprint density at radius 1 is 1.12 bits per heavy atom. The number of fused-ring (bicyclic) bond motifs is 2. The molecule has 2 heterocycles. The lowest BCUT2D eigenvalue weighted by molar-refractivity contribution is 0.0855. The smallest absolute Gasteiger partial charge is 0.123 e. The van der Waals surface area contributed by atoms with E-state index >= 15 is 0 Å². The third-order valence-corrected chi connectivity index (χ3v) is 5.42. The molecule has 2 unspecified atom stereocenters. The Balaban J connectivity index is 1.44. The van der Waals surface area contributed by atoms with Gasteiger partial charge in [0.25, 0.3) is 0 Å². The minimum absolute atomic E-state index is 0.483. The number of likely N-dealkylation sites (tertiary alicyclic amines) is 1. The molecule has 24 heavy (non-hydrogen) atoms. The second kappa shape index (κ2) is 6.81. The Kier molecular flexibility index (Phi) is 4.39. The molecule has 1 aromatic carbocycles. The molecule has 3 atom stereocenters. The quantitative estimate of drug-likeness (QED) is 0.814. The predicted octanol–water partition coefficient (Wildman–Crippen LogP) is 3.52. The Bertz CT molecular complexity index is 676. The first-order valence-electron chi connectivity index (χ1n) is 8.76. The van der Waals surface area contributed by atoms with Crippen LogP contribution in [0, 0.1) is 5.92 Å². The van der Waals surface area contributed by atoms with Gasteiger partial charge in [0.2, 0.25) is 0 Å². The molecule has 4 nitrogen and oxygen atoms in total. The number of piperidine rings is 1. The van der Waals surface area contributed by atoms with Crippen LogP contribution in [0.5, 0.6) is 11.5 Å². The van der Waals surface area contributed by atoms with Gasteiger partial charge in [0.05, 0.1) is 12.8 Å². The standard InChI is InChI=1S/C20H24N2O2/c1-23-18-6-4-7-19(12-18)24-14-20-15-8-9-17(11-15)22(20)13-16-5-2-3-10-21-16/h2-7,10,12,15,17,20H,8-9,11,13-14H2,1H3/t15?,17?,20-/m0/s1. The predicted molar refractivity (Wildman–Crippen MR) is 93.2 cm³/mol. The molecule has 2 aromatic rings. The first-order chi connectivity index (χ1) is 11.8. The van der Waals surface area contributed by atoms with Crippen molar-refractivity contribution in [3.05, 3.63) is 54.4 Å². The van der Waals surface area contributed by atoms with Gasteiger partial charge in [-0.05, 0) is 49.4 Å². The Morgan fingerprint density at radius 2 is 2.04 bits per heavy atom. The molecule has 4 heteroatoms. The Hall–Kier alpha value is -2.07. The molecule has 4 rings (SSSR count). The highest BCUT2D eigenvalue weighted by atomic mass is 16.5. The summed E-state index contributed by atoms with van der Waals surface area (Å²) in [6.45, 7) is 1.66. The molecule has 2 aliphatic rings. The zero-order valence-corrected chi connectivity index (χ0v) is 14.1. The van der Waals surface area contributed by atoms with Crippen molar-refractivity contribution in [3.63, 3.8) is 0 Å². The number of nitrogens with zero attached hydrogens (tertiary/aromatic N) is 2. The first-order valence-corrected chi connectivity index (χ1v) is 8.76. The lowest BCUT2D eigenvalue weighted by atomic mass is 9.99. The summed E-state index contributed by atoms with van der Waals surface area (Å²) in [4.78, 5) is 7.11. The molecule has 1 aliphatic carbocycles. The molecule has 1 saturated heterocycles. The van der Waals surface area contributed by atoms with Crippen LogP contribution < -0.4 is 9.47 Å². The lowest BCUT2D eigenvalue weighted by Crippen LogP contribution is -2.43. The molecule has 1 aliphatic heterocycles. The van der Waals surface area contributed by atoms with Gasteiger partial charge in [0.15, 0.2) is 0 Å². The molecule has 0 N–H and O–H groups in total. The van der Waals surface area contributed by atoms with Gasteiger partial charge in [0.1, 0.15) is 18.1 Å². The summed E-state index contributed by atoms with van der Waals surface area (Å²) in [7, 11) is 1.68. The van der Waals surface area contributed by atoms with E-state index < -0.39 is 0 Å². The Labute approximate surface area is 143 Å². The van der Waals surface area contributed by atoms with Gasteiger partial charge < -0.3 is 9.47 Å². The van der Waals surface area contributed by atoms with Crippen molar-refractivity contribution in [2.75, 3.05) is 13.7 Å². The van der Waals surface area contributed by atoms with Crippen LogP contribution in [0.4, 0.5) is 0 Å². The average Bonchev–Trinajstić information content (AvgIpc) is 3.23. The fourth-order valence-electron chi connectivity index (χ4n) is 4.21. The van der Waals surface area contributed by atoms with E-state index in [1.54, 1.807) is 7.11 Å². The number of hydrogen-bond acceptors (Lipinski definition) is 4. The van der Waals surface area contributed by atoms with Crippen molar-refractivity contribution in [3.8, 4) is 11.5 Å². The molecule has 126 valence electrons. The van der Waals surface area contributed by atoms with E-state index in [1.807, 2.05) is 36.5 Å². The number of aromatic nitrogens is 1. The minimum atomic E-state index is 0.483. The molecular weight excluding hydrogens is 300 g/mol. The van der Waals surface area contributed by atoms with Crippen LogP contribution in [-0.2, 0) is 6.54 Å². The Morgan fingerprint density at radius 3 is 2.88 bits per heavy atom. The number of pyridine rings is 1. The maximum Gasteiger partial charge on any atom is 0.123 e. The SMILES string of the molecule is COc1cccc(OC[C@H]2C3CCC(C3)N2Cc2ccccn2)c1. The van der Waals surface area contributed by atoms with Crippen molar-refractivity contribution in [2.45, 2.75) is 37.9 Å². The second-order valence-electron chi connectivity index (χ2n) is 6.78. The van der Waals surface area contributed by atoms with E-state index in [2.05, 4.69) is 22.0 Å². The van der Waals surface area contributed by atoms with Crippen molar-refractivity contribution in [1.29, 1.82) is 0 Å². The van der Waals surface area contributed by atoms with Gasteiger partial charge in [0, 0.05) is 30.9 Å². The van der Waals surface area contributed by atoms with E-state index in [-0.39, 0.29) is 0 Å². The van der Waals surface area contributed by atoms with Crippen LogP contribution >= 0.6 is 0 Å². The maximum absolute atomic E-state index is 6.11. The summed E-state index contributed by atoms with van der Waals surface area (Å²) in [5, 5.41) is 0. The van der Waals surface area contributed by atoms with Crippen LogP contribution in [0.3, 0.4) is 0 Å². The van der Waals surface area contributed by atoms with Gasteiger partial charge in [-0.2, -0.15) is 0 Å². The van der Waals surface area contributed by atoms with E-state index in [0.29, 0.717) is 12.1 Å². The number of ether oxygens (including phenoxy) is 2. The number of methoxy groups -OCH3 is 1.